The monoisotopic (exact) mass is 241 g/mol. The third kappa shape index (κ3) is 3.52. The van der Waals surface area contributed by atoms with Crippen molar-refractivity contribution in [3.8, 4) is 5.75 Å². The molecule has 0 unspecified atom stereocenters. The van der Waals surface area contributed by atoms with Crippen molar-refractivity contribution in [1.29, 1.82) is 0 Å². The molecule has 2 rings (SSSR count). The van der Waals surface area contributed by atoms with Crippen LogP contribution < -0.4 is 10.1 Å². The lowest BCUT2D eigenvalue weighted by atomic mass is 10.1. The Kier molecular flexibility index (Phi) is 4.65. The number of nitrogens with one attached hydrogen (secondary N) is 1. The van der Waals surface area contributed by atoms with E-state index < -0.39 is 0 Å². The Balaban J connectivity index is 1.78. The molecule has 0 bridgehead atoms. The van der Waals surface area contributed by atoms with Crippen molar-refractivity contribution in [2.24, 2.45) is 0 Å². The molecule has 0 aliphatic rings. The van der Waals surface area contributed by atoms with Crippen LogP contribution >= 0.6 is 0 Å². The first-order chi connectivity index (χ1) is 8.90. The van der Waals surface area contributed by atoms with E-state index in [0.29, 0.717) is 6.61 Å². The summed E-state index contributed by atoms with van der Waals surface area (Å²) in [5.74, 6) is 0.995. The zero-order valence-corrected chi connectivity index (χ0v) is 10.7. The molecule has 18 heavy (non-hydrogen) atoms. The Labute approximate surface area is 109 Å². The molecule has 0 amide bonds. The van der Waals surface area contributed by atoms with Crippen molar-refractivity contribution in [3.05, 3.63) is 60.2 Å². The smallest absolute Gasteiger partial charge is 0.122 e. The summed E-state index contributed by atoms with van der Waals surface area (Å²) in [5, 5.41) is 3.33. The maximum atomic E-state index is 5.79. The van der Waals surface area contributed by atoms with Gasteiger partial charge in [0.05, 0.1) is 0 Å². The van der Waals surface area contributed by atoms with Gasteiger partial charge in [-0.1, -0.05) is 43.3 Å². The lowest BCUT2D eigenvalue weighted by Gasteiger charge is -2.11. The van der Waals surface area contributed by atoms with E-state index in [4.69, 9.17) is 4.74 Å². The molecule has 2 aromatic carbocycles. The summed E-state index contributed by atoms with van der Waals surface area (Å²) >= 11 is 0. The van der Waals surface area contributed by atoms with Crippen LogP contribution in [0.15, 0.2) is 54.6 Å². The predicted molar refractivity (Wildman–Crippen MR) is 76.2 cm³/mol. The average Bonchev–Trinajstić information content (AvgIpc) is 2.45. The highest BCUT2D eigenvalue weighted by Gasteiger charge is 1.99. The van der Waals surface area contributed by atoms with E-state index in [1.807, 2.05) is 36.4 Å². The minimum Gasteiger partial charge on any atom is -0.491 e. The Bertz CT molecular complexity index is 468. The van der Waals surface area contributed by atoms with Crippen LogP contribution in [0.5, 0.6) is 5.75 Å². The summed E-state index contributed by atoms with van der Waals surface area (Å²) in [6.45, 7) is 3.62. The van der Waals surface area contributed by atoms with Crippen molar-refractivity contribution in [2.45, 2.75) is 13.3 Å². The lowest BCUT2D eigenvalue weighted by molar-refractivity contribution is 0.329. The van der Waals surface area contributed by atoms with Crippen LogP contribution in [0.4, 0.5) is 5.69 Å². The molecule has 0 heterocycles. The highest BCUT2D eigenvalue weighted by Crippen LogP contribution is 2.18. The van der Waals surface area contributed by atoms with Crippen molar-refractivity contribution in [3.63, 3.8) is 0 Å². The molecule has 0 spiro atoms. The molecule has 0 aliphatic heterocycles. The minimum atomic E-state index is 0.673. The lowest BCUT2D eigenvalue weighted by Crippen LogP contribution is -2.12. The molecular formula is C16H19NO. The number of para-hydroxylation sites is 2. The Morgan fingerprint density at radius 1 is 0.944 bits per heavy atom. The molecule has 0 saturated heterocycles. The van der Waals surface area contributed by atoms with Crippen molar-refractivity contribution >= 4 is 5.69 Å². The molecule has 0 saturated carbocycles. The Morgan fingerprint density at radius 3 is 2.44 bits per heavy atom. The number of ether oxygens (including phenoxy) is 1. The average molecular weight is 241 g/mol. The number of benzene rings is 2. The second kappa shape index (κ2) is 6.70. The van der Waals surface area contributed by atoms with Crippen LogP contribution in [0, 0.1) is 0 Å². The first-order valence-corrected chi connectivity index (χ1v) is 6.40. The molecule has 1 N–H and O–H groups in total. The van der Waals surface area contributed by atoms with E-state index in [0.717, 1.165) is 24.4 Å². The Morgan fingerprint density at radius 2 is 1.67 bits per heavy atom. The fourth-order valence-electron chi connectivity index (χ4n) is 1.85. The summed E-state index contributed by atoms with van der Waals surface area (Å²) in [6.07, 6.45) is 1.00. The van der Waals surface area contributed by atoms with Gasteiger partial charge in [-0.05, 0) is 30.2 Å². The maximum Gasteiger partial charge on any atom is 0.122 e. The molecule has 0 atom stereocenters. The molecule has 94 valence electrons. The van der Waals surface area contributed by atoms with Gasteiger partial charge < -0.3 is 10.1 Å². The largest absolute Gasteiger partial charge is 0.491 e. The zero-order valence-electron chi connectivity index (χ0n) is 10.7. The van der Waals surface area contributed by atoms with Crippen molar-refractivity contribution in [1.82, 2.24) is 0 Å². The molecule has 0 aliphatic carbocycles. The molecule has 0 radical (unpaired) electrons. The van der Waals surface area contributed by atoms with Gasteiger partial charge >= 0.3 is 0 Å². The molecule has 0 fully saturated rings. The minimum absolute atomic E-state index is 0.673. The van der Waals surface area contributed by atoms with Gasteiger partial charge in [0.1, 0.15) is 12.4 Å². The van der Waals surface area contributed by atoms with Crippen LogP contribution in [-0.2, 0) is 6.42 Å². The molecule has 0 aromatic heterocycles. The van der Waals surface area contributed by atoms with Crippen LogP contribution in [0.25, 0.3) is 0 Å². The summed E-state index contributed by atoms with van der Waals surface area (Å²) < 4.78 is 5.79. The van der Waals surface area contributed by atoms with E-state index in [9.17, 15) is 0 Å². The maximum absolute atomic E-state index is 5.79. The highest BCUT2D eigenvalue weighted by atomic mass is 16.5. The van der Waals surface area contributed by atoms with Crippen LogP contribution in [0.2, 0.25) is 0 Å². The topological polar surface area (TPSA) is 21.3 Å². The number of rotatable bonds is 6. The molecule has 2 heteroatoms. The van der Waals surface area contributed by atoms with Crippen molar-refractivity contribution < 1.29 is 4.74 Å². The van der Waals surface area contributed by atoms with Gasteiger partial charge in [0, 0.05) is 12.2 Å². The normalized spacial score (nSPS) is 10.1. The van der Waals surface area contributed by atoms with Gasteiger partial charge in [-0.2, -0.15) is 0 Å². The van der Waals surface area contributed by atoms with Gasteiger partial charge in [-0.3, -0.25) is 0 Å². The first-order valence-electron chi connectivity index (χ1n) is 6.40. The summed E-state index contributed by atoms with van der Waals surface area (Å²) in [6, 6.07) is 18.4. The fourth-order valence-corrected chi connectivity index (χ4v) is 1.85. The number of hydrogen-bond acceptors (Lipinski definition) is 2. The Hall–Kier alpha value is -1.96. The molecule has 2 aromatic rings. The van der Waals surface area contributed by atoms with Gasteiger partial charge in [-0.25, -0.2) is 0 Å². The summed E-state index contributed by atoms with van der Waals surface area (Å²) in [4.78, 5) is 0. The van der Waals surface area contributed by atoms with Crippen LogP contribution in [-0.4, -0.2) is 13.2 Å². The highest BCUT2D eigenvalue weighted by molar-refractivity contribution is 5.42. The third-order valence-electron chi connectivity index (χ3n) is 2.82. The van der Waals surface area contributed by atoms with Gasteiger partial charge in [-0.15, -0.1) is 0 Å². The zero-order chi connectivity index (χ0) is 12.6. The van der Waals surface area contributed by atoms with Crippen molar-refractivity contribution in [2.75, 3.05) is 18.5 Å². The molecule has 2 nitrogen and oxygen atoms in total. The number of aryl methyl sites for hydroxylation is 1. The quantitative estimate of drug-likeness (QED) is 0.778. The predicted octanol–water partition coefficient (Wildman–Crippen LogP) is 3.74. The van der Waals surface area contributed by atoms with E-state index >= 15 is 0 Å². The number of hydrogen-bond donors (Lipinski definition) is 1. The SMILES string of the molecule is CCc1ccccc1OCCNc1ccccc1. The van der Waals surface area contributed by atoms with Gasteiger partial charge in [0.25, 0.3) is 0 Å². The van der Waals surface area contributed by atoms with Gasteiger partial charge in [0.15, 0.2) is 0 Å². The van der Waals surface area contributed by atoms with E-state index in [1.165, 1.54) is 5.56 Å². The third-order valence-corrected chi connectivity index (χ3v) is 2.82. The standard InChI is InChI=1S/C16H19NO/c1-2-14-8-6-7-11-16(14)18-13-12-17-15-9-4-3-5-10-15/h3-11,17H,2,12-13H2,1H3. The second-order valence-electron chi connectivity index (χ2n) is 4.10. The second-order valence-corrected chi connectivity index (χ2v) is 4.10. The van der Waals surface area contributed by atoms with E-state index in [1.54, 1.807) is 0 Å². The molecular weight excluding hydrogens is 222 g/mol. The summed E-state index contributed by atoms with van der Waals surface area (Å²) in [5.41, 5.74) is 2.39. The van der Waals surface area contributed by atoms with Gasteiger partial charge in [0.2, 0.25) is 0 Å². The first kappa shape index (κ1) is 12.5. The van der Waals surface area contributed by atoms with Crippen LogP contribution in [0.1, 0.15) is 12.5 Å². The van der Waals surface area contributed by atoms with E-state index in [2.05, 4.69) is 30.4 Å². The van der Waals surface area contributed by atoms with Crippen LogP contribution in [0.3, 0.4) is 0 Å². The number of anilines is 1. The fraction of sp³-hybridized carbons (Fsp3) is 0.250. The van der Waals surface area contributed by atoms with E-state index in [-0.39, 0.29) is 0 Å². The summed E-state index contributed by atoms with van der Waals surface area (Å²) in [7, 11) is 0.